The Labute approximate surface area is 214 Å². The van der Waals surface area contributed by atoms with Gasteiger partial charge in [-0.25, -0.2) is 4.79 Å². The number of carbonyl (C=O) groups excluding carboxylic acids is 1. The molecule has 0 bridgehead atoms. The molecule has 36 heavy (non-hydrogen) atoms. The second kappa shape index (κ2) is 10.0. The Bertz CT molecular complexity index is 1220. The van der Waals surface area contributed by atoms with E-state index < -0.39 is 11.8 Å². The maximum Gasteiger partial charge on any atom is 0.528 e. The minimum absolute atomic E-state index is 0.0910. The summed E-state index contributed by atoms with van der Waals surface area (Å²) in [5, 5.41) is 19.1. The summed E-state index contributed by atoms with van der Waals surface area (Å²) >= 11 is 6.33. The van der Waals surface area contributed by atoms with Gasteiger partial charge in [0.2, 0.25) is 5.88 Å². The molecule has 190 valence electrons. The molecule has 0 N–H and O–H groups in total. The van der Waals surface area contributed by atoms with Crippen molar-refractivity contribution < 1.29 is 19.1 Å². The second-order valence-corrected chi connectivity index (χ2v) is 10.5. The first-order valence-corrected chi connectivity index (χ1v) is 12.5. The molecule has 0 radical (unpaired) electrons. The summed E-state index contributed by atoms with van der Waals surface area (Å²) < 4.78 is 13.4. The van der Waals surface area contributed by atoms with Gasteiger partial charge in [0.1, 0.15) is 17.5 Å². The Hall–Kier alpha value is -3.24. The van der Waals surface area contributed by atoms with Crippen molar-refractivity contribution in [1.29, 1.82) is 0 Å². The van der Waals surface area contributed by atoms with Gasteiger partial charge < -0.3 is 14.3 Å². The van der Waals surface area contributed by atoms with Crippen molar-refractivity contribution in [1.82, 2.24) is 30.0 Å². The van der Waals surface area contributed by atoms with Crippen LogP contribution in [0.25, 0.3) is 5.69 Å². The molecule has 2 aromatic heterocycles. The van der Waals surface area contributed by atoms with Crippen molar-refractivity contribution in [2.75, 3.05) is 0 Å². The summed E-state index contributed by atoms with van der Waals surface area (Å²) in [4.78, 5) is 17.9. The average molecular weight is 513 g/mol. The molecule has 1 aliphatic heterocycles. The van der Waals surface area contributed by atoms with Crippen LogP contribution in [0.4, 0.5) is 4.79 Å². The van der Waals surface area contributed by atoms with Crippen LogP contribution in [0.2, 0.25) is 5.02 Å². The molecule has 0 saturated heterocycles. The third kappa shape index (κ3) is 5.60. The molecule has 1 saturated carbocycles. The van der Waals surface area contributed by atoms with Crippen LogP contribution >= 0.6 is 11.6 Å². The SMILES string of the molecule is CC(C)(C)OC(=O)ON1Cc2cc(Cl)ccc2-n2c(nnc2[C@H]2CC[C@@H](Oc3cccnn3)CC2)C1. The minimum Gasteiger partial charge on any atom is -0.473 e. The number of ether oxygens (including phenoxy) is 2. The number of nitrogens with zero attached hydrogens (tertiary/aromatic N) is 6. The lowest BCUT2D eigenvalue weighted by Crippen LogP contribution is -2.31. The molecule has 0 unspecified atom stereocenters. The zero-order valence-corrected chi connectivity index (χ0v) is 21.3. The van der Waals surface area contributed by atoms with E-state index in [4.69, 9.17) is 25.9 Å². The molecule has 11 heteroatoms. The molecule has 3 aromatic rings. The number of rotatable bonds is 4. The monoisotopic (exact) mass is 512 g/mol. The summed E-state index contributed by atoms with van der Waals surface area (Å²) in [5.41, 5.74) is 1.18. The molecule has 5 rings (SSSR count). The number of benzene rings is 1. The van der Waals surface area contributed by atoms with Gasteiger partial charge in [-0.1, -0.05) is 11.6 Å². The van der Waals surface area contributed by atoms with Crippen molar-refractivity contribution in [3.05, 3.63) is 58.8 Å². The standard InChI is InChI=1S/C25H29ClN6O4/c1-25(2,3)35-24(33)36-31-14-17-13-18(26)8-11-20(17)32-21(15-31)28-30-23(32)16-6-9-19(10-7-16)34-22-5-4-12-27-29-22/h4-5,8,11-13,16,19H,6-7,9-10,14-15H2,1-3H3/t16-,19+. The van der Waals surface area contributed by atoms with Crippen LogP contribution in [0, 0.1) is 0 Å². The van der Waals surface area contributed by atoms with Gasteiger partial charge in [0, 0.05) is 23.2 Å². The summed E-state index contributed by atoms with van der Waals surface area (Å²) in [7, 11) is 0. The van der Waals surface area contributed by atoms with Gasteiger partial charge in [-0.3, -0.25) is 4.57 Å². The fraction of sp³-hybridized carbons (Fsp3) is 0.480. The maximum absolute atomic E-state index is 12.4. The Morgan fingerprint density at radius 1 is 1.06 bits per heavy atom. The predicted octanol–water partition coefficient (Wildman–Crippen LogP) is 5.00. The number of fused-ring (bicyclic) bond motifs is 3. The van der Waals surface area contributed by atoms with Crippen LogP contribution in [0.1, 0.15) is 69.6 Å². The zero-order chi connectivity index (χ0) is 25.3. The molecular weight excluding hydrogens is 484 g/mol. The molecule has 10 nitrogen and oxygen atoms in total. The average Bonchev–Trinajstić information content (AvgIpc) is 3.15. The predicted molar refractivity (Wildman–Crippen MR) is 131 cm³/mol. The number of hydrogen-bond donors (Lipinski definition) is 0. The van der Waals surface area contributed by atoms with E-state index in [1.165, 1.54) is 5.06 Å². The second-order valence-electron chi connectivity index (χ2n) is 10.1. The first-order valence-electron chi connectivity index (χ1n) is 12.1. The zero-order valence-electron chi connectivity index (χ0n) is 20.6. The van der Waals surface area contributed by atoms with Crippen molar-refractivity contribution in [2.45, 2.75) is 77.2 Å². The van der Waals surface area contributed by atoms with Crippen LogP contribution in [-0.2, 0) is 22.7 Å². The fourth-order valence-corrected chi connectivity index (χ4v) is 4.86. The third-order valence-electron chi connectivity index (χ3n) is 6.17. The Morgan fingerprint density at radius 2 is 1.86 bits per heavy atom. The topological polar surface area (TPSA) is 104 Å². The smallest absolute Gasteiger partial charge is 0.473 e. The van der Waals surface area contributed by atoms with E-state index in [9.17, 15) is 4.79 Å². The normalized spacial score (nSPS) is 20.1. The fourth-order valence-electron chi connectivity index (χ4n) is 4.66. The van der Waals surface area contributed by atoms with E-state index >= 15 is 0 Å². The van der Waals surface area contributed by atoms with Crippen molar-refractivity contribution in [3.8, 4) is 11.6 Å². The van der Waals surface area contributed by atoms with Gasteiger partial charge in [-0.05, 0) is 76.3 Å². The largest absolute Gasteiger partial charge is 0.528 e. The van der Waals surface area contributed by atoms with E-state index in [1.807, 2.05) is 30.3 Å². The lowest BCUT2D eigenvalue weighted by molar-refractivity contribution is -0.155. The maximum atomic E-state index is 12.4. The first kappa shape index (κ1) is 24.5. The molecule has 2 aliphatic rings. The number of halogens is 1. The van der Waals surface area contributed by atoms with Crippen molar-refractivity contribution in [3.63, 3.8) is 0 Å². The van der Waals surface area contributed by atoms with Gasteiger partial charge in [0.25, 0.3) is 0 Å². The third-order valence-corrected chi connectivity index (χ3v) is 6.40. The lowest BCUT2D eigenvalue weighted by Gasteiger charge is -2.28. The van der Waals surface area contributed by atoms with E-state index in [0.29, 0.717) is 23.3 Å². The van der Waals surface area contributed by atoms with Gasteiger partial charge >= 0.3 is 6.16 Å². The van der Waals surface area contributed by atoms with Gasteiger partial charge in [0.15, 0.2) is 5.82 Å². The highest BCUT2D eigenvalue weighted by Crippen LogP contribution is 2.37. The Balaban J connectivity index is 1.36. The summed E-state index contributed by atoms with van der Waals surface area (Å²) in [6, 6.07) is 9.34. The number of hydroxylamine groups is 2. The summed E-state index contributed by atoms with van der Waals surface area (Å²) in [6.07, 6.45) is 4.53. The van der Waals surface area contributed by atoms with Crippen LogP contribution < -0.4 is 4.74 Å². The highest BCUT2D eigenvalue weighted by Gasteiger charge is 2.32. The van der Waals surface area contributed by atoms with Crippen LogP contribution in [0.15, 0.2) is 36.5 Å². The number of carbonyl (C=O) groups is 1. The number of aromatic nitrogens is 5. The Kier molecular flexibility index (Phi) is 6.81. The highest BCUT2D eigenvalue weighted by atomic mass is 35.5. The molecule has 1 fully saturated rings. The van der Waals surface area contributed by atoms with Gasteiger partial charge in [-0.15, -0.1) is 20.4 Å². The molecule has 1 aromatic carbocycles. The van der Waals surface area contributed by atoms with Crippen LogP contribution in [0.5, 0.6) is 5.88 Å². The molecule has 0 spiro atoms. The molecule has 0 atom stereocenters. The highest BCUT2D eigenvalue weighted by molar-refractivity contribution is 6.30. The van der Waals surface area contributed by atoms with Gasteiger partial charge in [0.05, 0.1) is 18.8 Å². The quantitative estimate of drug-likeness (QED) is 0.446. The summed E-state index contributed by atoms with van der Waals surface area (Å²) in [5.74, 6) is 2.35. The van der Waals surface area contributed by atoms with Crippen molar-refractivity contribution in [2.24, 2.45) is 0 Å². The van der Waals surface area contributed by atoms with E-state index in [2.05, 4.69) is 25.0 Å². The molecule has 0 amide bonds. The Morgan fingerprint density at radius 3 is 2.58 bits per heavy atom. The van der Waals surface area contributed by atoms with Gasteiger partial charge in [-0.2, -0.15) is 5.10 Å². The molecular formula is C25H29ClN6O4. The summed E-state index contributed by atoms with van der Waals surface area (Å²) in [6.45, 7) is 5.99. The number of hydrogen-bond acceptors (Lipinski definition) is 9. The van der Waals surface area contributed by atoms with Crippen LogP contribution in [-0.4, -0.2) is 47.9 Å². The molecule has 3 heterocycles. The first-order chi connectivity index (χ1) is 17.2. The van der Waals surface area contributed by atoms with E-state index in [-0.39, 0.29) is 18.6 Å². The van der Waals surface area contributed by atoms with E-state index in [1.54, 1.807) is 27.0 Å². The van der Waals surface area contributed by atoms with Crippen molar-refractivity contribution >= 4 is 17.8 Å². The lowest BCUT2D eigenvalue weighted by atomic mass is 9.86. The minimum atomic E-state index is -0.763. The van der Waals surface area contributed by atoms with Crippen LogP contribution in [0.3, 0.4) is 0 Å². The molecule has 1 aliphatic carbocycles. The van der Waals surface area contributed by atoms with E-state index in [0.717, 1.165) is 42.8 Å².